The molecule has 0 aliphatic rings. The van der Waals surface area contributed by atoms with Crippen LogP contribution in [0.5, 0.6) is 0 Å². The van der Waals surface area contributed by atoms with Crippen molar-refractivity contribution in [2.45, 2.75) is 38.9 Å². The van der Waals surface area contributed by atoms with Gasteiger partial charge >= 0.3 is 45.2 Å². The van der Waals surface area contributed by atoms with E-state index in [1.807, 2.05) is 0 Å². The van der Waals surface area contributed by atoms with Crippen LogP contribution in [0.3, 0.4) is 0 Å². The molecule has 0 aliphatic carbocycles. The molecule has 0 amide bonds. The molecule has 92 valence electrons. The molecule has 0 unspecified atom stereocenters. The molecule has 0 N–H and O–H groups in total. The van der Waals surface area contributed by atoms with Gasteiger partial charge in [-0.2, -0.15) is 0 Å². The Morgan fingerprint density at radius 2 is 0.750 bits per heavy atom. The topological polar surface area (TPSA) is 79.6 Å². The van der Waals surface area contributed by atoms with Crippen LogP contribution in [-0.4, -0.2) is 8.80 Å². The molecule has 0 heterocycles. The molecule has 2 radical (unpaired) electrons. The first kappa shape index (κ1) is 36.1. The summed E-state index contributed by atoms with van der Waals surface area (Å²) in [5.41, 5.74) is 0. The Morgan fingerprint density at radius 1 is 0.625 bits per heavy atom. The maximum absolute atomic E-state index is 7.50. The second kappa shape index (κ2) is 85.1. The first-order valence-corrected chi connectivity index (χ1v) is 6.12. The summed E-state index contributed by atoms with van der Waals surface area (Å²) in [5, 5.41) is 0. The van der Waals surface area contributed by atoms with Gasteiger partial charge in [0.2, 0.25) is 0 Å². The predicted molar refractivity (Wildman–Crippen MR) is 52.9 cm³/mol. The van der Waals surface area contributed by atoms with Crippen LogP contribution in [0, 0.1) is 26.6 Å². The maximum atomic E-state index is 7.50. The van der Waals surface area contributed by atoms with Gasteiger partial charge in [0.25, 0.3) is 0 Å². The van der Waals surface area contributed by atoms with Crippen molar-refractivity contribution in [2.75, 3.05) is 0 Å². The van der Waals surface area contributed by atoms with Gasteiger partial charge < -0.3 is 0 Å². The van der Waals surface area contributed by atoms with Crippen LogP contribution in [0.25, 0.3) is 0 Å². The Balaban J connectivity index is -0.0000000238. The van der Waals surface area contributed by atoms with Crippen LogP contribution >= 0.6 is 0 Å². The quantitative estimate of drug-likeness (QED) is 0.434. The normalized spacial score (nSPS) is 5.00. The van der Waals surface area contributed by atoms with Crippen molar-refractivity contribution in [3.8, 4) is 0 Å². The molecule has 4 nitrogen and oxygen atoms in total. The molecule has 0 fully saturated rings. The predicted octanol–water partition coefficient (Wildman–Crippen LogP) is 2.39. The van der Waals surface area contributed by atoms with E-state index < -0.39 is 0 Å². The monoisotopic (exact) mass is 286 g/mol. The molecule has 6 heteroatoms. The molecule has 16 heavy (non-hydrogen) atoms. The summed E-state index contributed by atoms with van der Waals surface area (Å²) < 4.78 is 30.0. The minimum absolute atomic E-state index is 0. The molecule has 0 aromatic carbocycles. The zero-order chi connectivity index (χ0) is 13.7. The summed E-state index contributed by atoms with van der Waals surface area (Å²) in [6, 6.07) is 4.37. The van der Waals surface area contributed by atoms with Gasteiger partial charge in [-0.05, 0) is 0 Å². The van der Waals surface area contributed by atoms with E-state index >= 15 is 0 Å². The molecule has 0 atom stereocenters. The smallest absolute Gasteiger partial charge is 0 e. The molecule has 0 spiro atoms. The van der Waals surface area contributed by atoms with Crippen molar-refractivity contribution in [3.05, 3.63) is 26.6 Å². The van der Waals surface area contributed by atoms with E-state index in [4.69, 9.17) is 18.6 Å². The molecule has 0 rings (SSSR count). The maximum Gasteiger partial charge on any atom is 0 e. The molecule has 0 saturated heterocycles. The number of hydrogen-bond acceptors (Lipinski definition) is 0. The summed E-state index contributed by atoms with van der Waals surface area (Å²) in [6.07, 6.45) is 0. The second-order valence-corrected chi connectivity index (χ2v) is 5.43. The van der Waals surface area contributed by atoms with Gasteiger partial charge in [-0.15, -0.1) is 0 Å². The third-order valence-electron chi connectivity index (χ3n) is 1.50. The van der Waals surface area contributed by atoms with E-state index in [9.17, 15) is 0 Å². The summed E-state index contributed by atoms with van der Waals surface area (Å²) in [4.78, 5) is 0. The summed E-state index contributed by atoms with van der Waals surface area (Å²) >= 11 is 0. The zero-order valence-electron chi connectivity index (χ0n) is 9.59. The average molecular weight is 286 g/mol. The Labute approximate surface area is 110 Å². The van der Waals surface area contributed by atoms with Crippen molar-refractivity contribution in [1.82, 2.24) is 0 Å². The minimum atomic E-state index is 0. The van der Waals surface area contributed by atoms with E-state index in [2.05, 4.69) is 47.4 Å². The SMILES string of the molecule is CC[Si](CC)CC.[C-]#[O+].[C-]#[O+].[C-]#[O+].[C-]#[O+].[Co]. The molecule has 0 saturated carbocycles. The van der Waals surface area contributed by atoms with Crippen LogP contribution in [0.4, 0.5) is 0 Å². The molecule has 0 aromatic heterocycles. The standard InChI is InChI=1S/C6H15Si.4CO.Co/c1-4-7(5-2)6-3;4*1-2;/h4-6H2,1-3H3;;;;;. The van der Waals surface area contributed by atoms with Gasteiger partial charge in [0.05, 0.1) is 0 Å². The number of rotatable bonds is 3. The average Bonchev–Trinajstić information content (AvgIpc) is 2.41. The second-order valence-electron chi connectivity index (χ2n) is 1.81. The first-order valence-electron chi connectivity index (χ1n) is 4.00. The first-order chi connectivity index (χ1) is 7.35. The van der Waals surface area contributed by atoms with E-state index in [0.29, 0.717) is 0 Å². The van der Waals surface area contributed by atoms with Crippen molar-refractivity contribution in [1.29, 1.82) is 0 Å². The minimum Gasteiger partial charge on any atom is 0 e. The van der Waals surface area contributed by atoms with Crippen molar-refractivity contribution < 1.29 is 35.4 Å². The van der Waals surface area contributed by atoms with Gasteiger partial charge in [0.15, 0.2) is 0 Å². The van der Waals surface area contributed by atoms with Crippen molar-refractivity contribution in [3.63, 3.8) is 0 Å². The third kappa shape index (κ3) is 68.1. The largest absolute Gasteiger partial charge is 0 e. The van der Waals surface area contributed by atoms with E-state index in [1.54, 1.807) is 0 Å². The van der Waals surface area contributed by atoms with Gasteiger partial charge in [-0.3, -0.25) is 0 Å². The molecule has 0 aromatic rings. The molecular formula is C10H15CoO4Si. The van der Waals surface area contributed by atoms with Crippen LogP contribution in [0.15, 0.2) is 0 Å². The zero-order valence-corrected chi connectivity index (χ0v) is 11.6. The molecular weight excluding hydrogens is 271 g/mol. The van der Waals surface area contributed by atoms with Crippen molar-refractivity contribution in [2.24, 2.45) is 0 Å². The number of hydrogen-bond donors (Lipinski definition) is 0. The Morgan fingerprint density at radius 3 is 0.750 bits per heavy atom. The fraction of sp³-hybridized carbons (Fsp3) is 0.600. The fourth-order valence-electron chi connectivity index (χ4n) is 0.750. The van der Waals surface area contributed by atoms with Gasteiger partial charge in [-0.1, -0.05) is 38.9 Å². The van der Waals surface area contributed by atoms with Crippen LogP contribution in [0.2, 0.25) is 18.1 Å². The third-order valence-corrected chi connectivity index (χ3v) is 4.50. The van der Waals surface area contributed by atoms with E-state index in [0.717, 1.165) is 0 Å². The van der Waals surface area contributed by atoms with Gasteiger partial charge in [0.1, 0.15) is 0 Å². The summed E-state index contributed by atoms with van der Waals surface area (Å²) in [7, 11) is 0.137. The Bertz CT molecular complexity index is 120. The molecule has 0 bridgehead atoms. The fourth-order valence-corrected chi connectivity index (χ4v) is 2.25. The Hall–Kier alpha value is -0.317. The summed E-state index contributed by atoms with van der Waals surface area (Å²) in [6.45, 7) is 24.9. The van der Waals surface area contributed by atoms with Crippen LogP contribution < -0.4 is 0 Å². The van der Waals surface area contributed by atoms with Gasteiger partial charge in [0, 0.05) is 25.6 Å². The van der Waals surface area contributed by atoms with Crippen LogP contribution in [0.1, 0.15) is 20.8 Å². The van der Waals surface area contributed by atoms with E-state index in [-0.39, 0.29) is 25.6 Å². The Kier molecular flexibility index (Phi) is 192. The molecule has 0 aliphatic heterocycles. The van der Waals surface area contributed by atoms with Crippen molar-refractivity contribution >= 4 is 8.80 Å². The summed E-state index contributed by atoms with van der Waals surface area (Å²) in [5.74, 6) is 0. The van der Waals surface area contributed by atoms with Crippen LogP contribution in [-0.2, 0) is 35.4 Å². The van der Waals surface area contributed by atoms with E-state index in [1.165, 1.54) is 18.1 Å². The van der Waals surface area contributed by atoms with Gasteiger partial charge in [-0.25, -0.2) is 0 Å².